The second-order valence-electron chi connectivity index (χ2n) is 7.14. The highest BCUT2D eigenvalue weighted by molar-refractivity contribution is 7.80. The summed E-state index contributed by atoms with van der Waals surface area (Å²) in [6.45, 7) is 2.82. The Morgan fingerprint density at radius 2 is 1.65 bits per heavy atom. The van der Waals surface area contributed by atoms with Gasteiger partial charge in [-0.3, -0.25) is 19.3 Å². The van der Waals surface area contributed by atoms with E-state index in [1.54, 1.807) is 24.3 Å². The zero-order valence-electron chi connectivity index (χ0n) is 17.3. The number of carbonyl (C=O) groups excluding carboxylic acids is 3. The topological polar surface area (TPSA) is 87.7 Å². The first kappa shape index (κ1) is 22.4. The summed E-state index contributed by atoms with van der Waals surface area (Å²) >= 11 is 5.17. The highest BCUT2D eigenvalue weighted by Crippen LogP contribution is 2.22. The van der Waals surface area contributed by atoms with E-state index >= 15 is 0 Å². The Hall–Kier alpha value is -3.26. The molecule has 8 heteroatoms. The van der Waals surface area contributed by atoms with E-state index in [1.807, 2.05) is 24.3 Å². The Morgan fingerprint density at radius 3 is 2.26 bits per heavy atom. The number of thiocarbonyl (C=S) groups is 1. The fourth-order valence-corrected chi connectivity index (χ4v) is 3.42. The van der Waals surface area contributed by atoms with Crippen LogP contribution < -0.4 is 15.4 Å². The molecule has 0 spiro atoms. The van der Waals surface area contributed by atoms with Gasteiger partial charge in [0.2, 0.25) is 5.91 Å². The monoisotopic (exact) mass is 439 g/mol. The summed E-state index contributed by atoms with van der Waals surface area (Å²) in [6, 6.07) is 13.9. The SMILES string of the molecule is CCCCCOc1ccc(NC(=S)NC(=O)CCN2C(=O)c3ccccc3C2=O)cc1. The van der Waals surface area contributed by atoms with Crippen molar-refractivity contribution in [3.63, 3.8) is 0 Å². The number of fused-ring (bicyclic) bond motifs is 1. The van der Waals surface area contributed by atoms with Crippen LogP contribution in [0.25, 0.3) is 0 Å². The standard InChI is InChI=1S/C23H25N3O4S/c1-2-3-6-15-30-17-11-9-16(10-12-17)24-23(31)25-20(27)13-14-26-21(28)18-7-4-5-8-19(18)22(26)29/h4-5,7-12H,2-3,6,13-15H2,1H3,(H2,24,25,27,31). The van der Waals surface area contributed by atoms with Gasteiger partial charge in [0.1, 0.15) is 5.75 Å². The van der Waals surface area contributed by atoms with Crippen molar-refractivity contribution in [2.45, 2.75) is 32.6 Å². The Kier molecular flexibility index (Phi) is 7.72. The van der Waals surface area contributed by atoms with E-state index in [1.165, 1.54) is 0 Å². The molecule has 31 heavy (non-hydrogen) atoms. The number of imide groups is 1. The normalized spacial score (nSPS) is 12.5. The Bertz CT molecular complexity index is 940. The average molecular weight is 440 g/mol. The predicted octanol–water partition coefficient (Wildman–Crippen LogP) is 3.75. The molecule has 7 nitrogen and oxygen atoms in total. The molecule has 0 bridgehead atoms. The smallest absolute Gasteiger partial charge is 0.261 e. The lowest BCUT2D eigenvalue weighted by atomic mass is 10.1. The first-order chi connectivity index (χ1) is 15.0. The van der Waals surface area contributed by atoms with Gasteiger partial charge in [0.15, 0.2) is 5.11 Å². The summed E-state index contributed by atoms with van der Waals surface area (Å²) in [5.74, 6) is -0.375. The van der Waals surface area contributed by atoms with Gasteiger partial charge in [0.05, 0.1) is 17.7 Å². The van der Waals surface area contributed by atoms with Crippen LogP contribution in [0.2, 0.25) is 0 Å². The van der Waals surface area contributed by atoms with Crippen LogP contribution in [-0.2, 0) is 4.79 Å². The molecule has 0 radical (unpaired) electrons. The molecular weight excluding hydrogens is 414 g/mol. The molecule has 162 valence electrons. The van der Waals surface area contributed by atoms with E-state index in [9.17, 15) is 14.4 Å². The number of nitrogens with one attached hydrogen (secondary N) is 2. The summed E-state index contributed by atoms with van der Waals surface area (Å²) in [6.07, 6.45) is 3.26. The van der Waals surface area contributed by atoms with E-state index < -0.39 is 0 Å². The third-order valence-electron chi connectivity index (χ3n) is 4.82. The van der Waals surface area contributed by atoms with Crippen molar-refractivity contribution in [2.24, 2.45) is 0 Å². The maximum Gasteiger partial charge on any atom is 0.261 e. The molecule has 2 N–H and O–H groups in total. The fraction of sp³-hybridized carbons (Fsp3) is 0.304. The molecule has 0 unspecified atom stereocenters. The second kappa shape index (κ2) is 10.7. The van der Waals surface area contributed by atoms with Gasteiger partial charge in [-0.25, -0.2) is 0 Å². The highest BCUT2D eigenvalue weighted by atomic mass is 32.1. The third-order valence-corrected chi connectivity index (χ3v) is 5.03. The number of amides is 3. The number of nitrogens with zero attached hydrogens (tertiary/aromatic N) is 1. The minimum Gasteiger partial charge on any atom is -0.494 e. The van der Waals surface area contributed by atoms with Gasteiger partial charge in [-0.1, -0.05) is 31.9 Å². The number of ether oxygens (including phenoxy) is 1. The predicted molar refractivity (Wildman–Crippen MR) is 122 cm³/mol. The van der Waals surface area contributed by atoms with Crippen LogP contribution in [0.3, 0.4) is 0 Å². The van der Waals surface area contributed by atoms with Gasteiger partial charge >= 0.3 is 0 Å². The van der Waals surface area contributed by atoms with Gasteiger partial charge in [0, 0.05) is 18.7 Å². The maximum atomic E-state index is 12.3. The molecule has 1 aliphatic rings. The van der Waals surface area contributed by atoms with Crippen molar-refractivity contribution >= 4 is 40.7 Å². The minimum atomic E-state index is -0.384. The summed E-state index contributed by atoms with van der Waals surface area (Å²) in [5.41, 5.74) is 1.44. The number of unbranched alkanes of at least 4 members (excludes halogenated alkanes) is 2. The Morgan fingerprint density at radius 1 is 1.00 bits per heavy atom. The van der Waals surface area contributed by atoms with Crippen LogP contribution in [0.5, 0.6) is 5.75 Å². The van der Waals surface area contributed by atoms with Crippen LogP contribution in [0, 0.1) is 0 Å². The maximum absolute atomic E-state index is 12.3. The molecule has 0 fully saturated rings. The van der Waals surface area contributed by atoms with Crippen molar-refractivity contribution in [3.05, 3.63) is 59.7 Å². The van der Waals surface area contributed by atoms with Gasteiger partial charge in [-0.2, -0.15) is 0 Å². The van der Waals surface area contributed by atoms with Crippen molar-refractivity contribution < 1.29 is 19.1 Å². The van der Waals surface area contributed by atoms with Crippen molar-refractivity contribution in [1.82, 2.24) is 10.2 Å². The van der Waals surface area contributed by atoms with Crippen molar-refractivity contribution in [2.75, 3.05) is 18.5 Å². The highest BCUT2D eigenvalue weighted by Gasteiger charge is 2.34. The van der Waals surface area contributed by atoms with E-state index in [0.29, 0.717) is 23.4 Å². The fourth-order valence-electron chi connectivity index (χ4n) is 3.18. The molecule has 2 aromatic rings. The molecule has 1 aliphatic heterocycles. The lowest BCUT2D eigenvalue weighted by molar-refractivity contribution is -0.119. The molecule has 3 amide bonds. The van der Waals surface area contributed by atoms with Gasteiger partial charge in [0.25, 0.3) is 11.8 Å². The van der Waals surface area contributed by atoms with Crippen LogP contribution in [0.15, 0.2) is 48.5 Å². The molecule has 0 saturated carbocycles. The van der Waals surface area contributed by atoms with E-state index in [0.717, 1.165) is 29.9 Å². The van der Waals surface area contributed by atoms with Gasteiger partial charge < -0.3 is 15.4 Å². The van der Waals surface area contributed by atoms with Crippen molar-refractivity contribution in [1.29, 1.82) is 0 Å². The van der Waals surface area contributed by atoms with Gasteiger partial charge in [-0.05, 0) is 55.0 Å². The Balaban J connectivity index is 1.42. The lowest BCUT2D eigenvalue weighted by Crippen LogP contribution is -2.38. The van der Waals surface area contributed by atoms with E-state index in [4.69, 9.17) is 17.0 Å². The zero-order chi connectivity index (χ0) is 22.2. The molecular formula is C23H25N3O4S. The van der Waals surface area contributed by atoms with Crippen LogP contribution in [0.4, 0.5) is 5.69 Å². The minimum absolute atomic E-state index is 0.00907. The van der Waals surface area contributed by atoms with E-state index in [2.05, 4.69) is 17.6 Å². The van der Waals surface area contributed by atoms with Crippen LogP contribution in [0.1, 0.15) is 53.3 Å². The van der Waals surface area contributed by atoms with Crippen LogP contribution in [-0.4, -0.2) is 40.9 Å². The summed E-state index contributed by atoms with van der Waals surface area (Å²) in [7, 11) is 0. The number of hydrogen-bond donors (Lipinski definition) is 2. The van der Waals surface area contributed by atoms with E-state index in [-0.39, 0.29) is 35.8 Å². The number of rotatable bonds is 9. The zero-order valence-corrected chi connectivity index (χ0v) is 18.2. The second-order valence-corrected chi connectivity index (χ2v) is 7.55. The first-order valence-corrected chi connectivity index (χ1v) is 10.7. The molecule has 1 heterocycles. The molecule has 0 atom stereocenters. The molecule has 3 rings (SSSR count). The number of benzene rings is 2. The average Bonchev–Trinajstić information content (AvgIpc) is 3.01. The number of anilines is 1. The number of carbonyl (C=O) groups is 3. The summed E-state index contributed by atoms with van der Waals surface area (Å²) in [5, 5.41) is 5.64. The first-order valence-electron chi connectivity index (χ1n) is 10.3. The molecule has 0 aromatic heterocycles. The van der Waals surface area contributed by atoms with Gasteiger partial charge in [-0.15, -0.1) is 0 Å². The molecule has 0 saturated heterocycles. The van der Waals surface area contributed by atoms with Crippen molar-refractivity contribution in [3.8, 4) is 5.75 Å². The number of hydrogen-bond acceptors (Lipinski definition) is 5. The summed E-state index contributed by atoms with van der Waals surface area (Å²) < 4.78 is 5.66. The molecule has 2 aromatic carbocycles. The summed E-state index contributed by atoms with van der Waals surface area (Å²) in [4.78, 5) is 38.0. The third kappa shape index (κ3) is 5.88. The molecule has 0 aliphatic carbocycles. The lowest BCUT2D eigenvalue weighted by Gasteiger charge is -2.14. The largest absolute Gasteiger partial charge is 0.494 e. The Labute approximate surface area is 186 Å². The van der Waals surface area contributed by atoms with Crippen LogP contribution >= 0.6 is 12.2 Å². The quantitative estimate of drug-likeness (QED) is 0.351.